The molecule has 2 rings (SSSR count). The molecule has 8 heteroatoms. The molecule has 0 aromatic carbocycles. The van der Waals surface area contributed by atoms with Gasteiger partial charge in [-0.3, -0.25) is 9.18 Å². The molecule has 3 N–H and O–H groups in total. The standard InChI is InChI=1S/C21H33FN4O3.2C2H6/c1-16(27)24-19(21(28)29)10-15-26(14-5-11-22)13-3-2-7-18-9-8-17-6-4-12-23-20(17)25-18;2*1-2/h8-9,19H,2-7,10-15H2,1H3,(H,23,25)(H,24,27)(H,28,29);2*1-2H3. The van der Waals surface area contributed by atoms with Crippen LogP contribution in [0.5, 0.6) is 0 Å². The van der Waals surface area contributed by atoms with Gasteiger partial charge in [-0.1, -0.05) is 33.8 Å². The van der Waals surface area contributed by atoms with Crippen LogP contribution in [-0.4, -0.2) is 65.8 Å². The first-order valence-corrected chi connectivity index (χ1v) is 12.5. The van der Waals surface area contributed by atoms with Gasteiger partial charge >= 0.3 is 5.97 Å². The average molecular weight is 469 g/mol. The number of aliphatic carboxylic acids is 1. The van der Waals surface area contributed by atoms with Gasteiger partial charge in [-0.2, -0.15) is 0 Å². The number of halogens is 1. The van der Waals surface area contributed by atoms with Crippen molar-refractivity contribution in [3.8, 4) is 0 Å². The topological polar surface area (TPSA) is 94.6 Å². The van der Waals surface area contributed by atoms with Gasteiger partial charge in [-0.25, -0.2) is 9.78 Å². The molecular formula is C25H45FN4O3. The number of carbonyl (C=O) groups excluding carboxylic acids is 1. The molecule has 1 unspecified atom stereocenters. The summed E-state index contributed by atoms with van der Waals surface area (Å²) in [5, 5.41) is 15.0. The van der Waals surface area contributed by atoms with Gasteiger partial charge in [0.25, 0.3) is 0 Å². The van der Waals surface area contributed by atoms with E-state index in [9.17, 15) is 19.1 Å². The fourth-order valence-corrected chi connectivity index (χ4v) is 3.58. The monoisotopic (exact) mass is 468 g/mol. The summed E-state index contributed by atoms with van der Waals surface area (Å²) in [6, 6.07) is 3.34. The van der Waals surface area contributed by atoms with Gasteiger partial charge in [0.05, 0.1) is 6.67 Å². The molecule has 0 spiro atoms. The Bertz CT molecular complexity index is 673. The lowest BCUT2D eigenvalue weighted by Gasteiger charge is -2.24. The molecule has 0 aliphatic carbocycles. The van der Waals surface area contributed by atoms with Gasteiger partial charge < -0.3 is 20.6 Å². The highest BCUT2D eigenvalue weighted by Gasteiger charge is 2.19. The summed E-state index contributed by atoms with van der Waals surface area (Å²) in [4.78, 5) is 29.2. The van der Waals surface area contributed by atoms with Crippen molar-refractivity contribution in [3.05, 3.63) is 23.4 Å². The third kappa shape index (κ3) is 13.2. The number of hydrogen-bond donors (Lipinski definition) is 3. The van der Waals surface area contributed by atoms with Crippen LogP contribution in [0.25, 0.3) is 0 Å². The summed E-state index contributed by atoms with van der Waals surface area (Å²) in [6.07, 6.45) is 5.73. The van der Waals surface area contributed by atoms with Gasteiger partial charge in [-0.15, -0.1) is 0 Å². The number of unbranched alkanes of at least 4 members (excludes halogenated alkanes) is 1. The van der Waals surface area contributed by atoms with Gasteiger partial charge in [-0.05, 0) is 63.1 Å². The van der Waals surface area contributed by atoms with Crippen LogP contribution in [0.4, 0.5) is 10.2 Å². The minimum absolute atomic E-state index is 0.305. The Kier molecular flexibility index (Phi) is 18.0. The molecule has 1 atom stereocenters. The first kappa shape index (κ1) is 30.8. The van der Waals surface area contributed by atoms with Crippen molar-refractivity contribution in [2.75, 3.05) is 38.2 Å². The van der Waals surface area contributed by atoms with Crippen molar-refractivity contribution in [2.24, 2.45) is 0 Å². The summed E-state index contributed by atoms with van der Waals surface area (Å²) >= 11 is 0. The highest BCUT2D eigenvalue weighted by Crippen LogP contribution is 2.20. The quantitative estimate of drug-likeness (QED) is 0.370. The lowest BCUT2D eigenvalue weighted by atomic mass is 10.1. The predicted molar refractivity (Wildman–Crippen MR) is 134 cm³/mol. The van der Waals surface area contributed by atoms with E-state index < -0.39 is 18.7 Å². The summed E-state index contributed by atoms with van der Waals surface area (Å²) in [5.41, 5.74) is 2.36. The second-order valence-electron chi connectivity index (χ2n) is 7.56. The second-order valence-corrected chi connectivity index (χ2v) is 7.56. The molecule has 0 saturated carbocycles. The Balaban J connectivity index is 0.00000242. The number of pyridine rings is 1. The summed E-state index contributed by atoms with van der Waals surface area (Å²) < 4.78 is 12.6. The Morgan fingerprint density at radius 1 is 1.15 bits per heavy atom. The fourth-order valence-electron chi connectivity index (χ4n) is 3.58. The Morgan fingerprint density at radius 2 is 1.85 bits per heavy atom. The number of carboxylic acid groups (broad SMARTS) is 1. The molecule has 1 aromatic rings. The first-order chi connectivity index (χ1) is 16.0. The Labute approximate surface area is 199 Å². The molecule has 0 saturated heterocycles. The molecule has 0 fully saturated rings. The molecule has 1 amide bonds. The number of nitrogens with one attached hydrogen (secondary N) is 2. The molecule has 0 radical (unpaired) electrons. The van der Waals surface area contributed by atoms with Crippen LogP contribution in [0, 0.1) is 0 Å². The number of alkyl halides is 1. The third-order valence-corrected chi connectivity index (χ3v) is 5.13. The maximum Gasteiger partial charge on any atom is 0.326 e. The van der Waals surface area contributed by atoms with Crippen molar-refractivity contribution in [1.82, 2.24) is 15.2 Å². The van der Waals surface area contributed by atoms with Gasteiger partial charge in [0, 0.05) is 32.3 Å². The molecule has 190 valence electrons. The van der Waals surface area contributed by atoms with Crippen molar-refractivity contribution >= 4 is 17.7 Å². The highest BCUT2D eigenvalue weighted by atomic mass is 19.1. The third-order valence-electron chi connectivity index (χ3n) is 5.13. The number of hydrogen-bond acceptors (Lipinski definition) is 5. The van der Waals surface area contributed by atoms with Crippen LogP contribution >= 0.6 is 0 Å². The van der Waals surface area contributed by atoms with E-state index in [1.165, 1.54) is 12.5 Å². The van der Waals surface area contributed by atoms with Crippen molar-refractivity contribution < 1.29 is 19.1 Å². The van der Waals surface area contributed by atoms with Gasteiger partial charge in [0.2, 0.25) is 5.91 Å². The number of carbonyl (C=O) groups is 2. The summed E-state index contributed by atoms with van der Waals surface area (Å²) in [5.74, 6) is -0.395. The molecule has 1 aromatic heterocycles. The number of amides is 1. The lowest BCUT2D eigenvalue weighted by Crippen LogP contribution is -2.42. The molecule has 33 heavy (non-hydrogen) atoms. The largest absolute Gasteiger partial charge is 0.480 e. The van der Waals surface area contributed by atoms with E-state index in [2.05, 4.69) is 27.7 Å². The van der Waals surface area contributed by atoms with E-state index in [0.29, 0.717) is 25.9 Å². The summed E-state index contributed by atoms with van der Waals surface area (Å²) in [6.45, 7) is 11.8. The lowest BCUT2D eigenvalue weighted by molar-refractivity contribution is -0.141. The first-order valence-electron chi connectivity index (χ1n) is 12.5. The van der Waals surface area contributed by atoms with E-state index in [0.717, 1.165) is 56.7 Å². The maximum absolute atomic E-state index is 12.6. The highest BCUT2D eigenvalue weighted by molar-refractivity contribution is 5.82. The number of aromatic nitrogens is 1. The molecular weight excluding hydrogens is 423 g/mol. The Morgan fingerprint density at radius 3 is 2.48 bits per heavy atom. The smallest absolute Gasteiger partial charge is 0.326 e. The van der Waals surface area contributed by atoms with Crippen LogP contribution in [-0.2, 0) is 22.4 Å². The number of nitrogens with zero attached hydrogens (tertiary/aromatic N) is 2. The fraction of sp³-hybridized carbons (Fsp3) is 0.720. The van der Waals surface area contributed by atoms with E-state index in [-0.39, 0.29) is 5.91 Å². The predicted octanol–water partition coefficient (Wildman–Crippen LogP) is 4.46. The van der Waals surface area contributed by atoms with Gasteiger partial charge in [0.15, 0.2) is 0 Å². The van der Waals surface area contributed by atoms with Crippen LogP contribution < -0.4 is 10.6 Å². The number of anilines is 1. The zero-order chi connectivity index (χ0) is 25.1. The zero-order valence-electron chi connectivity index (χ0n) is 21.3. The number of rotatable bonds is 13. The maximum atomic E-state index is 12.6. The Hall–Kier alpha value is -2.22. The van der Waals surface area contributed by atoms with Crippen LogP contribution in [0.1, 0.15) is 78.0 Å². The molecule has 7 nitrogen and oxygen atoms in total. The average Bonchev–Trinajstić information content (AvgIpc) is 2.84. The molecule has 2 heterocycles. The normalized spacial score (nSPS) is 12.8. The van der Waals surface area contributed by atoms with Crippen LogP contribution in [0.15, 0.2) is 12.1 Å². The molecule has 1 aliphatic rings. The summed E-state index contributed by atoms with van der Waals surface area (Å²) in [7, 11) is 0. The van der Waals surface area contributed by atoms with Crippen LogP contribution in [0.3, 0.4) is 0 Å². The van der Waals surface area contributed by atoms with Crippen molar-refractivity contribution in [1.29, 1.82) is 0 Å². The number of aryl methyl sites for hydroxylation is 2. The molecule has 0 bridgehead atoms. The van der Waals surface area contributed by atoms with E-state index >= 15 is 0 Å². The number of carboxylic acids is 1. The number of fused-ring (bicyclic) bond motifs is 1. The zero-order valence-corrected chi connectivity index (χ0v) is 21.3. The van der Waals surface area contributed by atoms with E-state index in [1.807, 2.05) is 27.7 Å². The minimum atomic E-state index is -1.04. The minimum Gasteiger partial charge on any atom is -0.480 e. The van der Waals surface area contributed by atoms with E-state index in [4.69, 9.17) is 4.98 Å². The molecule has 1 aliphatic heterocycles. The van der Waals surface area contributed by atoms with Crippen molar-refractivity contribution in [2.45, 2.75) is 85.6 Å². The van der Waals surface area contributed by atoms with Crippen molar-refractivity contribution in [3.63, 3.8) is 0 Å². The van der Waals surface area contributed by atoms with Crippen LogP contribution in [0.2, 0.25) is 0 Å². The second kappa shape index (κ2) is 19.3. The van der Waals surface area contributed by atoms with E-state index in [1.54, 1.807) is 0 Å². The van der Waals surface area contributed by atoms with Gasteiger partial charge in [0.1, 0.15) is 11.9 Å². The SMILES string of the molecule is CC.CC.CC(=O)NC(CCN(CCCF)CCCCc1ccc2c(n1)NCCC2)C(=O)O.